The standard InChI is InChI=1S/C12H11NO/c1-2-10-6-9(7-11-8-14-11)3-4-12(10)13-5-1/h1-6,11H,7-8H2. The first-order valence-corrected chi connectivity index (χ1v) is 4.87. The summed E-state index contributed by atoms with van der Waals surface area (Å²) in [6, 6.07) is 10.5. The number of pyridine rings is 1. The molecule has 0 bridgehead atoms. The third-order valence-corrected chi connectivity index (χ3v) is 2.53. The molecule has 0 amide bonds. The molecule has 0 spiro atoms. The highest BCUT2D eigenvalue weighted by Gasteiger charge is 2.22. The van der Waals surface area contributed by atoms with Gasteiger partial charge in [-0.25, -0.2) is 0 Å². The van der Waals surface area contributed by atoms with Crippen LogP contribution in [-0.4, -0.2) is 17.7 Å². The molecule has 2 heteroatoms. The molecule has 1 aliphatic rings. The first-order valence-electron chi connectivity index (χ1n) is 4.87. The Hall–Kier alpha value is -1.41. The Bertz CT molecular complexity index is 463. The Labute approximate surface area is 82.5 Å². The number of hydrogen-bond donors (Lipinski definition) is 0. The van der Waals surface area contributed by atoms with Crippen LogP contribution in [0.4, 0.5) is 0 Å². The number of benzene rings is 1. The Morgan fingerprint density at radius 1 is 1.36 bits per heavy atom. The average Bonchev–Trinajstić information content (AvgIpc) is 3.02. The molecule has 2 aromatic rings. The number of ether oxygens (including phenoxy) is 1. The molecule has 1 atom stereocenters. The Morgan fingerprint density at radius 2 is 2.29 bits per heavy atom. The van der Waals surface area contributed by atoms with Crippen LogP contribution in [0.5, 0.6) is 0 Å². The van der Waals surface area contributed by atoms with Crippen molar-refractivity contribution in [1.29, 1.82) is 0 Å². The van der Waals surface area contributed by atoms with E-state index in [4.69, 9.17) is 4.74 Å². The second-order valence-electron chi connectivity index (χ2n) is 3.69. The SMILES string of the molecule is c1cnc2ccc(CC3CO3)cc2c1. The Morgan fingerprint density at radius 3 is 3.14 bits per heavy atom. The van der Waals surface area contributed by atoms with Crippen LogP contribution in [0.15, 0.2) is 36.5 Å². The molecule has 1 fully saturated rings. The second-order valence-corrected chi connectivity index (χ2v) is 3.69. The van der Waals surface area contributed by atoms with Gasteiger partial charge in [0.05, 0.1) is 18.2 Å². The lowest BCUT2D eigenvalue weighted by Crippen LogP contribution is -1.92. The van der Waals surface area contributed by atoms with Crippen molar-refractivity contribution < 1.29 is 4.74 Å². The van der Waals surface area contributed by atoms with Crippen molar-refractivity contribution in [2.24, 2.45) is 0 Å². The maximum Gasteiger partial charge on any atom is 0.0850 e. The second kappa shape index (κ2) is 3.07. The molecular weight excluding hydrogens is 174 g/mol. The summed E-state index contributed by atoms with van der Waals surface area (Å²) < 4.78 is 5.21. The lowest BCUT2D eigenvalue weighted by atomic mass is 10.1. The summed E-state index contributed by atoms with van der Waals surface area (Å²) in [5, 5.41) is 1.21. The largest absolute Gasteiger partial charge is 0.373 e. The molecule has 2 heterocycles. The fraction of sp³-hybridized carbons (Fsp3) is 0.250. The van der Waals surface area contributed by atoms with Crippen molar-refractivity contribution >= 4 is 10.9 Å². The zero-order valence-electron chi connectivity index (χ0n) is 7.81. The van der Waals surface area contributed by atoms with Crippen molar-refractivity contribution in [3.05, 3.63) is 42.1 Å². The van der Waals surface area contributed by atoms with Crippen LogP contribution < -0.4 is 0 Å². The Kier molecular flexibility index (Phi) is 1.74. The predicted molar refractivity (Wildman–Crippen MR) is 55.2 cm³/mol. The average molecular weight is 185 g/mol. The summed E-state index contributed by atoms with van der Waals surface area (Å²) in [6.07, 6.45) is 3.32. The number of hydrogen-bond acceptors (Lipinski definition) is 2. The van der Waals surface area contributed by atoms with Gasteiger partial charge in [-0.05, 0) is 23.8 Å². The summed E-state index contributed by atoms with van der Waals surface area (Å²) in [7, 11) is 0. The van der Waals surface area contributed by atoms with E-state index in [1.807, 2.05) is 12.3 Å². The number of rotatable bonds is 2. The number of epoxide rings is 1. The lowest BCUT2D eigenvalue weighted by Gasteiger charge is -2.00. The van der Waals surface area contributed by atoms with Gasteiger partial charge in [0.2, 0.25) is 0 Å². The van der Waals surface area contributed by atoms with Crippen LogP contribution >= 0.6 is 0 Å². The minimum atomic E-state index is 0.462. The molecule has 0 aliphatic carbocycles. The van der Waals surface area contributed by atoms with E-state index >= 15 is 0 Å². The number of fused-ring (bicyclic) bond motifs is 1. The predicted octanol–water partition coefficient (Wildman–Crippen LogP) is 2.18. The topological polar surface area (TPSA) is 25.4 Å². The van der Waals surface area contributed by atoms with Gasteiger partial charge in [0.1, 0.15) is 0 Å². The van der Waals surface area contributed by atoms with E-state index in [9.17, 15) is 0 Å². The zero-order chi connectivity index (χ0) is 9.38. The van der Waals surface area contributed by atoms with Gasteiger partial charge in [-0.15, -0.1) is 0 Å². The van der Waals surface area contributed by atoms with Crippen molar-refractivity contribution in [2.75, 3.05) is 6.61 Å². The van der Waals surface area contributed by atoms with Crippen molar-refractivity contribution in [2.45, 2.75) is 12.5 Å². The van der Waals surface area contributed by atoms with Crippen LogP contribution in [0.1, 0.15) is 5.56 Å². The first kappa shape index (κ1) is 7.94. The van der Waals surface area contributed by atoms with Gasteiger partial charge in [0.25, 0.3) is 0 Å². The fourth-order valence-corrected chi connectivity index (χ4v) is 1.70. The maximum atomic E-state index is 5.21. The Balaban J connectivity index is 2.01. The van der Waals surface area contributed by atoms with E-state index in [1.54, 1.807) is 0 Å². The van der Waals surface area contributed by atoms with Gasteiger partial charge in [-0.2, -0.15) is 0 Å². The molecular formula is C12H11NO. The molecule has 1 saturated heterocycles. The smallest absolute Gasteiger partial charge is 0.0850 e. The highest BCUT2D eigenvalue weighted by Crippen LogP contribution is 2.19. The van der Waals surface area contributed by atoms with Crippen molar-refractivity contribution in [1.82, 2.24) is 4.98 Å². The van der Waals surface area contributed by atoms with Gasteiger partial charge < -0.3 is 4.74 Å². The van der Waals surface area contributed by atoms with Crippen LogP contribution in [-0.2, 0) is 11.2 Å². The molecule has 1 aromatic heterocycles. The summed E-state index contributed by atoms with van der Waals surface area (Å²) in [5.41, 5.74) is 2.40. The minimum absolute atomic E-state index is 0.462. The highest BCUT2D eigenvalue weighted by molar-refractivity contribution is 5.78. The quantitative estimate of drug-likeness (QED) is 0.670. The molecule has 3 rings (SSSR count). The van der Waals surface area contributed by atoms with Crippen LogP contribution in [0.2, 0.25) is 0 Å². The normalized spacial score (nSPS) is 19.9. The third kappa shape index (κ3) is 1.49. The van der Waals surface area contributed by atoms with Crippen molar-refractivity contribution in [3.8, 4) is 0 Å². The van der Waals surface area contributed by atoms with E-state index in [2.05, 4.69) is 29.2 Å². The van der Waals surface area contributed by atoms with E-state index in [0.29, 0.717) is 6.10 Å². The van der Waals surface area contributed by atoms with Crippen molar-refractivity contribution in [3.63, 3.8) is 0 Å². The molecule has 0 radical (unpaired) electrons. The molecule has 70 valence electrons. The summed E-state index contributed by atoms with van der Waals surface area (Å²) in [6.45, 7) is 0.922. The molecule has 0 N–H and O–H groups in total. The van der Waals surface area contributed by atoms with Crippen LogP contribution in [0.25, 0.3) is 10.9 Å². The van der Waals surface area contributed by atoms with E-state index in [0.717, 1.165) is 18.5 Å². The summed E-state index contributed by atoms with van der Waals surface area (Å²) in [4.78, 5) is 4.29. The number of aromatic nitrogens is 1. The fourth-order valence-electron chi connectivity index (χ4n) is 1.70. The molecule has 2 nitrogen and oxygen atoms in total. The molecule has 1 aromatic carbocycles. The van der Waals surface area contributed by atoms with E-state index < -0.39 is 0 Å². The van der Waals surface area contributed by atoms with E-state index in [-0.39, 0.29) is 0 Å². The van der Waals surface area contributed by atoms with Gasteiger partial charge in [0, 0.05) is 18.0 Å². The first-order chi connectivity index (χ1) is 6.92. The summed E-state index contributed by atoms with van der Waals surface area (Å²) >= 11 is 0. The lowest BCUT2D eigenvalue weighted by molar-refractivity contribution is 0.407. The van der Waals surface area contributed by atoms with Crippen LogP contribution in [0.3, 0.4) is 0 Å². The monoisotopic (exact) mass is 185 g/mol. The molecule has 1 aliphatic heterocycles. The maximum absolute atomic E-state index is 5.21. The molecule has 0 saturated carbocycles. The van der Waals surface area contributed by atoms with Gasteiger partial charge in [0.15, 0.2) is 0 Å². The van der Waals surface area contributed by atoms with Gasteiger partial charge in [-0.1, -0.05) is 12.1 Å². The number of nitrogens with zero attached hydrogens (tertiary/aromatic N) is 1. The third-order valence-electron chi connectivity index (χ3n) is 2.53. The summed E-state index contributed by atoms with van der Waals surface area (Å²) in [5.74, 6) is 0. The molecule has 1 unspecified atom stereocenters. The van der Waals surface area contributed by atoms with E-state index in [1.165, 1.54) is 10.9 Å². The van der Waals surface area contributed by atoms with Gasteiger partial charge in [-0.3, -0.25) is 4.98 Å². The zero-order valence-corrected chi connectivity index (χ0v) is 7.81. The minimum Gasteiger partial charge on any atom is -0.373 e. The highest BCUT2D eigenvalue weighted by atomic mass is 16.6. The van der Waals surface area contributed by atoms with Crippen LogP contribution in [0, 0.1) is 0 Å². The molecule has 14 heavy (non-hydrogen) atoms. The van der Waals surface area contributed by atoms with Gasteiger partial charge >= 0.3 is 0 Å².